The SMILES string of the molecule is COc1ccc(C(=O)C2CCC(N)CC2)c(Cl)c1. The molecule has 0 atom stereocenters. The molecular weight excluding hydrogens is 250 g/mol. The molecule has 0 spiro atoms. The Hall–Kier alpha value is -1.06. The summed E-state index contributed by atoms with van der Waals surface area (Å²) in [5, 5.41) is 0.467. The van der Waals surface area contributed by atoms with Crippen LogP contribution < -0.4 is 10.5 Å². The maximum atomic E-state index is 12.4. The summed E-state index contributed by atoms with van der Waals surface area (Å²) in [5.74, 6) is 0.868. The van der Waals surface area contributed by atoms with Crippen molar-refractivity contribution in [1.29, 1.82) is 0 Å². The summed E-state index contributed by atoms with van der Waals surface area (Å²) < 4.78 is 5.08. The molecule has 1 saturated carbocycles. The van der Waals surface area contributed by atoms with E-state index in [-0.39, 0.29) is 17.7 Å². The van der Waals surface area contributed by atoms with Crippen molar-refractivity contribution in [3.63, 3.8) is 0 Å². The number of halogens is 1. The summed E-state index contributed by atoms with van der Waals surface area (Å²) in [6, 6.07) is 5.45. The van der Waals surface area contributed by atoms with Crippen LogP contribution in [0.25, 0.3) is 0 Å². The first-order chi connectivity index (χ1) is 8.61. The highest BCUT2D eigenvalue weighted by atomic mass is 35.5. The molecule has 1 aromatic rings. The first-order valence-corrected chi connectivity index (χ1v) is 6.63. The van der Waals surface area contributed by atoms with Crippen LogP contribution in [0.1, 0.15) is 36.0 Å². The van der Waals surface area contributed by atoms with Crippen LogP contribution >= 0.6 is 11.6 Å². The minimum atomic E-state index is 0.0655. The van der Waals surface area contributed by atoms with Gasteiger partial charge in [-0.3, -0.25) is 4.79 Å². The Kier molecular flexibility index (Phi) is 4.25. The number of rotatable bonds is 3. The number of benzene rings is 1. The number of ether oxygens (including phenoxy) is 1. The van der Waals surface area contributed by atoms with Crippen molar-refractivity contribution in [1.82, 2.24) is 0 Å². The lowest BCUT2D eigenvalue weighted by molar-refractivity contribution is 0.0885. The van der Waals surface area contributed by atoms with Gasteiger partial charge in [-0.25, -0.2) is 0 Å². The molecule has 0 radical (unpaired) electrons. The maximum Gasteiger partial charge on any atom is 0.167 e. The number of carbonyl (C=O) groups is 1. The van der Waals surface area contributed by atoms with Gasteiger partial charge in [-0.2, -0.15) is 0 Å². The van der Waals surface area contributed by atoms with Crippen molar-refractivity contribution in [3.05, 3.63) is 28.8 Å². The number of carbonyl (C=O) groups excluding carboxylic acids is 1. The van der Waals surface area contributed by atoms with Gasteiger partial charge in [0.2, 0.25) is 0 Å². The smallest absolute Gasteiger partial charge is 0.167 e. The van der Waals surface area contributed by atoms with Gasteiger partial charge in [0.25, 0.3) is 0 Å². The van der Waals surface area contributed by atoms with E-state index in [2.05, 4.69) is 0 Å². The second-order valence-electron chi connectivity index (χ2n) is 4.82. The van der Waals surface area contributed by atoms with Crippen molar-refractivity contribution in [2.75, 3.05) is 7.11 Å². The molecule has 1 fully saturated rings. The minimum absolute atomic E-state index is 0.0655. The molecule has 0 aliphatic heterocycles. The van der Waals surface area contributed by atoms with Crippen molar-refractivity contribution < 1.29 is 9.53 Å². The molecule has 1 aliphatic rings. The van der Waals surface area contributed by atoms with Gasteiger partial charge in [0.15, 0.2) is 5.78 Å². The molecule has 18 heavy (non-hydrogen) atoms. The first kappa shape index (κ1) is 13.4. The van der Waals surface area contributed by atoms with Crippen LogP contribution in [0.4, 0.5) is 0 Å². The van der Waals surface area contributed by atoms with Gasteiger partial charge in [-0.1, -0.05) is 11.6 Å². The first-order valence-electron chi connectivity index (χ1n) is 6.25. The van der Waals surface area contributed by atoms with Gasteiger partial charge in [-0.05, 0) is 43.9 Å². The topological polar surface area (TPSA) is 52.3 Å². The molecule has 1 aliphatic carbocycles. The Bertz CT molecular complexity index is 439. The van der Waals surface area contributed by atoms with Gasteiger partial charge in [-0.15, -0.1) is 0 Å². The van der Waals surface area contributed by atoms with E-state index in [1.54, 1.807) is 25.3 Å². The van der Waals surface area contributed by atoms with E-state index < -0.39 is 0 Å². The molecule has 2 rings (SSSR count). The predicted octanol–water partition coefficient (Wildman–Crippen LogP) is 3.05. The standard InChI is InChI=1S/C14H18ClNO2/c1-18-11-6-7-12(13(15)8-11)14(17)9-2-4-10(16)5-3-9/h6-10H,2-5,16H2,1H3. The van der Waals surface area contributed by atoms with Gasteiger partial charge < -0.3 is 10.5 Å². The Labute approximate surface area is 112 Å². The van der Waals surface area contributed by atoms with Gasteiger partial charge in [0, 0.05) is 17.5 Å². The summed E-state index contributed by atoms with van der Waals surface area (Å²) in [4.78, 5) is 12.4. The lowest BCUT2D eigenvalue weighted by atomic mass is 9.82. The normalized spacial score (nSPS) is 23.7. The lowest BCUT2D eigenvalue weighted by Gasteiger charge is -2.25. The van der Waals surface area contributed by atoms with E-state index in [9.17, 15) is 4.79 Å². The van der Waals surface area contributed by atoms with Crippen LogP contribution in [0.2, 0.25) is 5.02 Å². The van der Waals surface area contributed by atoms with E-state index in [0.717, 1.165) is 25.7 Å². The number of nitrogens with two attached hydrogens (primary N) is 1. The monoisotopic (exact) mass is 267 g/mol. The molecule has 0 heterocycles. The lowest BCUT2D eigenvalue weighted by Crippen LogP contribution is -2.29. The fraction of sp³-hybridized carbons (Fsp3) is 0.500. The van der Waals surface area contributed by atoms with Crippen LogP contribution in [-0.2, 0) is 0 Å². The molecule has 0 amide bonds. The number of hydrogen-bond acceptors (Lipinski definition) is 3. The zero-order valence-corrected chi connectivity index (χ0v) is 11.2. The van der Waals surface area contributed by atoms with Crippen LogP contribution in [0.5, 0.6) is 5.75 Å². The highest BCUT2D eigenvalue weighted by molar-refractivity contribution is 6.34. The molecule has 3 nitrogen and oxygen atoms in total. The molecular formula is C14H18ClNO2. The van der Waals surface area contributed by atoms with Crippen molar-refractivity contribution in [3.8, 4) is 5.75 Å². The Balaban J connectivity index is 2.13. The third-order valence-corrected chi connectivity index (χ3v) is 3.90. The number of Topliss-reactive ketones (excluding diaryl/α,β-unsaturated/α-hetero) is 1. The fourth-order valence-electron chi connectivity index (χ4n) is 2.42. The van der Waals surface area contributed by atoms with Crippen LogP contribution in [-0.4, -0.2) is 18.9 Å². The van der Waals surface area contributed by atoms with Gasteiger partial charge in [0.1, 0.15) is 5.75 Å². The van der Waals surface area contributed by atoms with E-state index in [1.165, 1.54) is 0 Å². The average Bonchev–Trinajstić information content (AvgIpc) is 2.38. The molecule has 0 unspecified atom stereocenters. The number of methoxy groups -OCH3 is 1. The van der Waals surface area contributed by atoms with Gasteiger partial charge in [0.05, 0.1) is 12.1 Å². The zero-order chi connectivity index (χ0) is 13.1. The highest BCUT2D eigenvalue weighted by Gasteiger charge is 2.26. The second-order valence-corrected chi connectivity index (χ2v) is 5.23. The molecule has 2 N–H and O–H groups in total. The fourth-order valence-corrected chi connectivity index (χ4v) is 2.69. The largest absolute Gasteiger partial charge is 0.497 e. The summed E-state index contributed by atoms with van der Waals surface area (Å²) in [6.45, 7) is 0. The summed E-state index contributed by atoms with van der Waals surface area (Å²) in [6.07, 6.45) is 3.57. The second kappa shape index (κ2) is 5.72. The third kappa shape index (κ3) is 2.85. The summed E-state index contributed by atoms with van der Waals surface area (Å²) in [5.41, 5.74) is 6.44. The van der Waals surface area contributed by atoms with E-state index >= 15 is 0 Å². The van der Waals surface area contributed by atoms with E-state index in [0.29, 0.717) is 16.3 Å². The van der Waals surface area contributed by atoms with E-state index in [4.69, 9.17) is 22.1 Å². The molecule has 4 heteroatoms. The summed E-state index contributed by atoms with van der Waals surface area (Å²) >= 11 is 6.13. The molecule has 0 saturated heterocycles. The number of ketones is 1. The summed E-state index contributed by atoms with van der Waals surface area (Å²) in [7, 11) is 1.58. The average molecular weight is 268 g/mol. The van der Waals surface area contributed by atoms with Crippen molar-refractivity contribution in [2.24, 2.45) is 11.7 Å². The maximum absolute atomic E-state index is 12.4. The highest BCUT2D eigenvalue weighted by Crippen LogP contribution is 2.30. The quantitative estimate of drug-likeness (QED) is 0.857. The zero-order valence-electron chi connectivity index (χ0n) is 10.5. The molecule has 0 aromatic heterocycles. The van der Waals surface area contributed by atoms with Crippen LogP contribution in [0, 0.1) is 5.92 Å². The van der Waals surface area contributed by atoms with Crippen molar-refractivity contribution >= 4 is 17.4 Å². The molecule has 0 bridgehead atoms. The van der Waals surface area contributed by atoms with Crippen LogP contribution in [0.15, 0.2) is 18.2 Å². The minimum Gasteiger partial charge on any atom is -0.497 e. The Morgan fingerprint density at radius 3 is 2.56 bits per heavy atom. The third-order valence-electron chi connectivity index (χ3n) is 3.58. The van der Waals surface area contributed by atoms with E-state index in [1.807, 2.05) is 0 Å². The Morgan fingerprint density at radius 1 is 1.33 bits per heavy atom. The molecule has 1 aromatic carbocycles. The Morgan fingerprint density at radius 2 is 2.00 bits per heavy atom. The molecule has 98 valence electrons. The van der Waals surface area contributed by atoms with Crippen LogP contribution in [0.3, 0.4) is 0 Å². The predicted molar refractivity (Wildman–Crippen MR) is 72.3 cm³/mol. The number of hydrogen-bond donors (Lipinski definition) is 1. The van der Waals surface area contributed by atoms with Crippen molar-refractivity contribution in [2.45, 2.75) is 31.7 Å². The van der Waals surface area contributed by atoms with Gasteiger partial charge >= 0.3 is 0 Å².